The molecule has 30 heavy (non-hydrogen) atoms. The summed E-state index contributed by atoms with van der Waals surface area (Å²) in [7, 11) is 1.66. The summed E-state index contributed by atoms with van der Waals surface area (Å²) >= 11 is 1.69. The lowest BCUT2D eigenvalue weighted by molar-refractivity contribution is -0.126. The number of nitrogens with zero attached hydrogens (tertiary/aromatic N) is 3. The van der Waals surface area contributed by atoms with E-state index in [4.69, 9.17) is 14.7 Å². The molecule has 158 valence electrons. The molecule has 0 saturated carbocycles. The molecule has 1 N–H and O–H groups in total. The Balaban J connectivity index is 1.51. The maximum absolute atomic E-state index is 13.0. The van der Waals surface area contributed by atoms with Gasteiger partial charge < -0.3 is 15.0 Å². The zero-order valence-corrected chi connectivity index (χ0v) is 18.5. The van der Waals surface area contributed by atoms with E-state index in [1.54, 1.807) is 18.4 Å². The summed E-state index contributed by atoms with van der Waals surface area (Å²) < 4.78 is 5.35. The highest BCUT2D eigenvalue weighted by atomic mass is 32.1. The number of hydrogen-bond donors (Lipinski definition) is 1. The molecule has 3 heterocycles. The number of methoxy groups -OCH3 is 1. The highest BCUT2D eigenvalue weighted by Gasteiger charge is 2.29. The molecule has 1 aromatic carbocycles. The van der Waals surface area contributed by atoms with Crippen LogP contribution in [0.3, 0.4) is 0 Å². The van der Waals surface area contributed by atoms with Gasteiger partial charge in [-0.3, -0.25) is 4.79 Å². The highest BCUT2D eigenvalue weighted by molar-refractivity contribution is 7.10. The molecule has 2 aromatic heterocycles. The van der Waals surface area contributed by atoms with Gasteiger partial charge in [0.05, 0.1) is 30.3 Å². The lowest BCUT2D eigenvalue weighted by Gasteiger charge is -2.33. The summed E-state index contributed by atoms with van der Waals surface area (Å²) in [5.74, 6) is 1.54. The quantitative estimate of drug-likeness (QED) is 0.631. The SMILES string of the molecule is CC[C@@H](NC(=O)[C@@H]1CCCN(c2nc(C)c3ccc(OC)cc3n2)C1)c1cccs1. The average molecular weight is 425 g/mol. The first-order chi connectivity index (χ1) is 14.6. The van der Waals surface area contributed by atoms with Crippen LogP contribution in [-0.2, 0) is 4.79 Å². The molecule has 0 bridgehead atoms. The van der Waals surface area contributed by atoms with Crippen molar-refractivity contribution in [2.45, 2.75) is 39.2 Å². The number of benzene rings is 1. The number of piperidine rings is 1. The number of fused-ring (bicyclic) bond motifs is 1. The Hall–Kier alpha value is -2.67. The number of carbonyl (C=O) groups is 1. The molecule has 1 saturated heterocycles. The third-order valence-corrected chi connectivity index (χ3v) is 6.76. The fraction of sp³-hybridized carbons (Fsp3) is 0.435. The average Bonchev–Trinajstić information content (AvgIpc) is 3.31. The summed E-state index contributed by atoms with van der Waals surface area (Å²) in [5, 5.41) is 6.33. The largest absolute Gasteiger partial charge is 0.497 e. The minimum Gasteiger partial charge on any atom is -0.497 e. The zero-order valence-electron chi connectivity index (χ0n) is 17.7. The minimum absolute atomic E-state index is 0.0577. The van der Waals surface area contributed by atoms with E-state index in [0.29, 0.717) is 12.5 Å². The van der Waals surface area contributed by atoms with Gasteiger partial charge in [-0.05, 0) is 49.8 Å². The second-order valence-electron chi connectivity index (χ2n) is 7.76. The maximum atomic E-state index is 13.0. The molecule has 0 aliphatic carbocycles. The monoisotopic (exact) mass is 424 g/mol. The summed E-state index contributed by atoms with van der Waals surface area (Å²) in [6.45, 7) is 5.61. The normalized spacial score (nSPS) is 17.7. The first-order valence-electron chi connectivity index (χ1n) is 10.5. The number of thiophene rings is 1. The van der Waals surface area contributed by atoms with Crippen molar-refractivity contribution >= 4 is 34.1 Å². The Labute approximate surface area is 181 Å². The van der Waals surface area contributed by atoms with Crippen LogP contribution in [0.5, 0.6) is 5.75 Å². The number of ether oxygens (including phenoxy) is 1. The number of aryl methyl sites for hydroxylation is 1. The third-order valence-electron chi connectivity index (χ3n) is 5.77. The number of aromatic nitrogens is 2. The second kappa shape index (κ2) is 9.00. The molecular weight excluding hydrogens is 396 g/mol. The highest BCUT2D eigenvalue weighted by Crippen LogP contribution is 2.27. The Morgan fingerprint density at radius 3 is 2.97 bits per heavy atom. The van der Waals surface area contributed by atoms with Crippen molar-refractivity contribution in [1.29, 1.82) is 0 Å². The van der Waals surface area contributed by atoms with Crippen molar-refractivity contribution in [2.24, 2.45) is 5.92 Å². The van der Waals surface area contributed by atoms with E-state index >= 15 is 0 Å². The Morgan fingerprint density at radius 2 is 2.23 bits per heavy atom. The molecule has 0 radical (unpaired) electrons. The van der Waals surface area contributed by atoms with Gasteiger partial charge in [0, 0.05) is 29.4 Å². The molecule has 0 unspecified atom stereocenters. The van der Waals surface area contributed by atoms with Crippen molar-refractivity contribution in [1.82, 2.24) is 15.3 Å². The lowest BCUT2D eigenvalue weighted by Crippen LogP contribution is -2.44. The zero-order chi connectivity index (χ0) is 21.1. The van der Waals surface area contributed by atoms with E-state index in [0.717, 1.165) is 48.2 Å². The third kappa shape index (κ3) is 4.26. The molecule has 0 spiro atoms. The van der Waals surface area contributed by atoms with E-state index in [-0.39, 0.29) is 17.9 Å². The minimum atomic E-state index is -0.0577. The lowest BCUT2D eigenvalue weighted by atomic mass is 9.96. The maximum Gasteiger partial charge on any atom is 0.226 e. The number of nitrogens with one attached hydrogen (secondary N) is 1. The molecule has 1 aliphatic heterocycles. The van der Waals surface area contributed by atoms with E-state index in [1.165, 1.54) is 4.88 Å². The molecule has 1 amide bonds. The van der Waals surface area contributed by atoms with Gasteiger partial charge in [-0.25, -0.2) is 9.97 Å². The number of rotatable bonds is 6. The van der Waals surface area contributed by atoms with Gasteiger partial charge in [0.1, 0.15) is 5.75 Å². The van der Waals surface area contributed by atoms with E-state index in [9.17, 15) is 4.79 Å². The molecule has 3 aromatic rings. The van der Waals surface area contributed by atoms with Crippen LogP contribution >= 0.6 is 11.3 Å². The van der Waals surface area contributed by atoms with Gasteiger partial charge in [-0.2, -0.15) is 0 Å². The van der Waals surface area contributed by atoms with Gasteiger partial charge in [-0.1, -0.05) is 13.0 Å². The van der Waals surface area contributed by atoms with Crippen LogP contribution in [0.2, 0.25) is 0 Å². The van der Waals surface area contributed by atoms with Crippen molar-refractivity contribution in [2.75, 3.05) is 25.1 Å². The van der Waals surface area contributed by atoms with E-state index in [1.807, 2.05) is 31.2 Å². The van der Waals surface area contributed by atoms with Gasteiger partial charge in [0.25, 0.3) is 0 Å². The number of anilines is 1. The molecule has 1 fully saturated rings. The molecule has 2 atom stereocenters. The van der Waals surface area contributed by atoms with Crippen LogP contribution < -0.4 is 15.0 Å². The molecule has 7 heteroatoms. The first kappa shape index (κ1) is 20.6. The van der Waals surface area contributed by atoms with Crippen LogP contribution in [0.25, 0.3) is 10.9 Å². The van der Waals surface area contributed by atoms with Gasteiger partial charge in [0.15, 0.2) is 0 Å². The molecule has 1 aliphatic rings. The second-order valence-corrected chi connectivity index (χ2v) is 8.74. The Morgan fingerprint density at radius 1 is 1.37 bits per heavy atom. The van der Waals surface area contributed by atoms with Crippen LogP contribution in [-0.4, -0.2) is 36.1 Å². The van der Waals surface area contributed by atoms with Crippen LogP contribution in [0.4, 0.5) is 5.95 Å². The number of hydrogen-bond acceptors (Lipinski definition) is 6. The van der Waals surface area contributed by atoms with Crippen molar-refractivity contribution in [3.05, 3.63) is 46.3 Å². The molecule has 4 rings (SSSR count). The van der Waals surface area contributed by atoms with Gasteiger partial charge in [-0.15, -0.1) is 11.3 Å². The Bertz CT molecular complexity index is 1020. The van der Waals surface area contributed by atoms with Gasteiger partial charge >= 0.3 is 0 Å². The van der Waals surface area contributed by atoms with Crippen molar-refractivity contribution in [3.63, 3.8) is 0 Å². The summed E-state index contributed by atoms with van der Waals surface area (Å²) in [5.41, 5.74) is 1.81. The topological polar surface area (TPSA) is 67.4 Å². The smallest absolute Gasteiger partial charge is 0.226 e. The van der Waals surface area contributed by atoms with Crippen LogP contribution in [0, 0.1) is 12.8 Å². The summed E-state index contributed by atoms with van der Waals surface area (Å²) in [6.07, 6.45) is 2.73. The predicted octanol–water partition coefficient (Wildman–Crippen LogP) is 4.49. The van der Waals surface area contributed by atoms with E-state index in [2.05, 4.69) is 28.6 Å². The standard InChI is InChI=1S/C23H28N4O2S/c1-4-19(21-8-6-12-30-21)25-22(28)16-7-5-11-27(14-16)23-24-15(2)18-10-9-17(29-3)13-20(18)26-23/h6,8-10,12-13,16,19H,4-5,7,11,14H2,1-3H3,(H,25,28)/t16-,19-/m1/s1. The van der Waals surface area contributed by atoms with E-state index < -0.39 is 0 Å². The number of amides is 1. The first-order valence-corrected chi connectivity index (χ1v) is 11.4. The fourth-order valence-corrected chi connectivity index (χ4v) is 4.91. The van der Waals surface area contributed by atoms with Crippen molar-refractivity contribution in [3.8, 4) is 5.75 Å². The molecule has 6 nitrogen and oxygen atoms in total. The molecular formula is C23H28N4O2S. The van der Waals surface area contributed by atoms with Gasteiger partial charge in [0.2, 0.25) is 11.9 Å². The van der Waals surface area contributed by atoms with Crippen LogP contribution in [0.1, 0.15) is 42.8 Å². The Kier molecular flexibility index (Phi) is 6.18. The van der Waals surface area contributed by atoms with Crippen molar-refractivity contribution < 1.29 is 9.53 Å². The number of carbonyl (C=O) groups excluding carboxylic acids is 1. The summed E-state index contributed by atoms with van der Waals surface area (Å²) in [4.78, 5) is 25.9. The fourth-order valence-electron chi connectivity index (χ4n) is 4.05. The van der Waals surface area contributed by atoms with Crippen LogP contribution in [0.15, 0.2) is 35.7 Å². The predicted molar refractivity (Wildman–Crippen MR) is 121 cm³/mol. The summed E-state index contributed by atoms with van der Waals surface area (Å²) in [6, 6.07) is 10.1.